The van der Waals surface area contributed by atoms with Crippen molar-refractivity contribution < 1.29 is 15.0 Å². The Morgan fingerprint density at radius 1 is 1.47 bits per heavy atom. The normalized spacial score (nSPS) is 46.1. The number of rotatable bonds is 1. The van der Waals surface area contributed by atoms with Gasteiger partial charge in [0.2, 0.25) is 0 Å². The summed E-state index contributed by atoms with van der Waals surface area (Å²) in [6.45, 7) is 5.73. The number of carbonyl (C=O) groups excluding carboxylic acids is 1. The van der Waals surface area contributed by atoms with E-state index in [-0.39, 0.29) is 23.0 Å². The molecule has 0 saturated heterocycles. The fourth-order valence-corrected chi connectivity index (χ4v) is 3.48. The van der Waals surface area contributed by atoms with Crippen LogP contribution in [0, 0.1) is 17.3 Å². The molecule has 0 heterocycles. The maximum Gasteiger partial charge on any atom is 0.133 e. The summed E-state index contributed by atoms with van der Waals surface area (Å²) in [5, 5.41) is 20.1. The van der Waals surface area contributed by atoms with Gasteiger partial charge in [-0.1, -0.05) is 19.9 Å². The first-order valence-electron chi connectivity index (χ1n) is 6.43. The molecule has 3 nitrogen and oxygen atoms in total. The van der Waals surface area contributed by atoms with Crippen LogP contribution in [0.25, 0.3) is 0 Å². The van der Waals surface area contributed by atoms with Crippen LogP contribution in [0.5, 0.6) is 0 Å². The van der Waals surface area contributed by atoms with Gasteiger partial charge in [-0.2, -0.15) is 0 Å². The minimum Gasteiger partial charge on any atom is -0.393 e. The summed E-state index contributed by atoms with van der Waals surface area (Å²) in [5.74, 6) is 0.353. The van der Waals surface area contributed by atoms with Crippen molar-refractivity contribution >= 4 is 5.78 Å². The minimum absolute atomic E-state index is 0.0451. The fraction of sp³-hybridized carbons (Fsp3) is 0.786. The van der Waals surface area contributed by atoms with Gasteiger partial charge in [0.25, 0.3) is 0 Å². The van der Waals surface area contributed by atoms with Crippen LogP contribution in [0.15, 0.2) is 11.6 Å². The average Bonchev–Trinajstić information content (AvgIpc) is 2.25. The quantitative estimate of drug-likeness (QED) is 0.683. The molecule has 2 aliphatic carbocycles. The topological polar surface area (TPSA) is 57.5 Å². The zero-order chi connectivity index (χ0) is 12.8. The number of hydrogen-bond donors (Lipinski definition) is 2. The minimum atomic E-state index is -0.542. The Balaban J connectivity index is 2.35. The smallest absolute Gasteiger partial charge is 0.133 e. The molecule has 96 valence electrons. The van der Waals surface area contributed by atoms with Crippen LogP contribution in [0.1, 0.15) is 40.0 Å². The van der Waals surface area contributed by atoms with E-state index >= 15 is 0 Å². The predicted molar refractivity (Wildman–Crippen MR) is 65.4 cm³/mol. The third kappa shape index (κ3) is 1.95. The van der Waals surface area contributed by atoms with Gasteiger partial charge in [-0.25, -0.2) is 0 Å². The van der Waals surface area contributed by atoms with Crippen molar-refractivity contribution in [1.29, 1.82) is 0 Å². The fourth-order valence-electron chi connectivity index (χ4n) is 3.48. The number of hydrogen-bond acceptors (Lipinski definition) is 3. The molecule has 0 radical (unpaired) electrons. The maximum atomic E-state index is 11.5. The highest BCUT2D eigenvalue weighted by Gasteiger charge is 2.49. The van der Waals surface area contributed by atoms with Gasteiger partial charge in [-0.3, -0.25) is 4.79 Å². The lowest BCUT2D eigenvalue weighted by atomic mass is 9.56. The van der Waals surface area contributed by atoms with Crippen molar-refractivity contribution in [2.45, 2.75) is 52.2 Å². The summed E-state index contributed by atoms with van der Waals surface area (Å²) in [5.41, 5.74) is 0.805. The predicted octanol–water partition coefficient (Wildman–Crippen LogP) is 1.68. The lowest BCUT2D eigenvalue weighted by molar-refractivity contribution is -0.123. The SMILES string of the molecule is CC(=O)[C@@H]1CC=C2[C@H](O)C[C@@H](O)[C@@H](C)[C@@]2(C)C1. The van der Waals surface area contributed by atoms with Crippen LogP contribution in [-0.4, -0.2) is 28.2 Å². The summed E-state index contributed by atoms with van der Waals surface area (Å²) < 4.78 is 0. The monoisotopic (exact) mass is 238 g/mol. The molecule has 0 spiro atoms. The molecular formula is C14H22O3. The van der Waals surface area contributed by atoms with Crippen LogP contribution in [0.3, 0.4) is 0 Å². The van der Waals surface area contributed by atoms with Crippen molar-refractivity contribution in [2.24, 2.45) is 17.3 Å². The highest BCUT2D eigenvalue weighted by atomic mass is 16.3. The Morgan fingerprint density at radius 3 is 2.71 bits per heavy atom. The average molecular weight is 238 g/mol. The van der Waals surface area contributed by atoms with Crippen LogP contribution in [0.4, 0.5) is 0 Å². The number of carbonyl (C=O) groups is 1. The van der Waals surface area contributed by atoms with Gasteiger partial charge in [-0.05, 0) is 36.7 Å². The first kappa shape index (κ1) is 12.8. The molecule has 0 amide bonds. The van der Waals surface area contributed by atoms with Crippen LogP contribution in [0.2, 0.25) is 0 Å². The summed E-state index contributed by atoms with van der Waals surface area (Å²) in [4.78, 5) is 11.5. The van der Waals surface area contributed by atoms with Gasteiger partial charge in [0, 0.05) is 12.3 Å². The molecule has 17 heavy (non-hydrogen) atoms. The van der Waals surface area contributed by atoms with Gasteiger partial charge in [0.1, 0.15) is 5.78 Å². The first-order chi connectivity index (χ1) is 7.86. The number of ketones is 1. The van der Waals surface area contributed by atoms with E-state index in [1.807, 2.05) is 13.0 Å². The summed E-state index contributed by atoms with van der Waals surface area (Å²) in [6, 6.07) is 0. The number of allylic oxidation sites excluding steroid dienone is 1. The molecule has 2 rings (SSSR count). The van der Waals surface area contributed by atoms with E-state index in [0.717, 1.165) is 18.4 Å². The van der Waals surface area contributed by atoms with Crippen molar-refractivity contribution in [2.75, 3.05) is 0 Å². The molecule has 5 atom stereocenters. The summed E-state index contributed by atoms with van der Waals surface area (Å²) >= 11 is 0. The van der Waals surface area contributed by atoms with E-state index in [1.54, 1.807) is 6.92 Å². The number of aliphatic hydroxyl groups is 2. The molecule has 0 aromatic carbocycles. The third-order valence-corrected chi connectivity index (χ3v) is 4.93. The number of Topliss-reactive ketones (excluding diaryl/α,β-unsaturated/α-hetero) is 1. The molecule has 1 fully saturated rings. The van der Waals surface area contributed by atoms with E-state index < -0.39 is 12.2 Å². The van der Waals surface area contributed by atoms with E-state index in [4.69, 9.17) is 0 Å². The van der Waals surface area contributed by atoms with Gasteiger partial charge >= 0.3 is 0 Å². The lowest BCUT2D eigenvalue weighted by Crippen LogP contribution is -2.49. The molecule has 0 unspecified atom stereocenters. The van der Waals surface area contributed by atoms with E-state index in [2.05, 4.69) is 6.92 Å². The zero-order valence-electron chi connectivity index (χ0n) is 10.8. The molecule has 0 aromatic rings. The Kier molecular flexibility index (Phi) is 3.17. The van der Waals surface area contributed by atoms with Gasteiger partial charge in [0.15, 0.2) is 0 Å². The summed E-state index contributed by atoms with van der Waals surface area (Å²) in [6.07, 6.45) is 2.93. The molecule has 0 bridgehead atoms. The Morgan fingerprint density at radius 2 is 2.12 bits per heavy atom. The second-order valence-corrected chi connectivity index (χ2v) is 5.93. The van der Waals surface area contributed by atoms with Crippen LogP contribution in [-0.2, 0) is 4.79 Å². The summed E-state index contributed by atoms with van der Waals surface area (Å²) in [7, 11) is 0. The molecular weight excluding hydrogens is 216 g/mol. The Bertz CT molecular complexity index is 360. The highest BCUT2D eigenvalue weighted by molar-refractivity contribution is 5.78. The van der Waals surface area contributed by atoms with E-state index in [9.17, 15) is 15.0 Å². The van der Waals surface area contributed by atoms with Crippen molar-refractivity contribution in [3.05, 3.63) is 11.6 Å². The zero-order valence-corrected chi connectivity index (χ0v) is 10.8. The molecule has 1 saturated carbocycles. The number of aliphatic hydroxyl groups excluding tert-OH is 2. The van der Waals surface area contributed by atoms with E-state index in [1.165, 1.54) is 0 Å². The van der Waals surface area contributed by atoms with Crippen LogP contribution >= 0.6 is 0 Å². The standard InChI is InChI=1S/C14H22O3/c1-8-12(16)6-13(17)11-5-4-10(9(2)15)7-14(8,11)3/h5,8,10,12-13,16-17H,4,6-7H2,1-3H3/t8-,10-,12-,13-,14-/m1/s1. The second-order valence-electron chi connectivity index (χ2n) is 5.93. The van der Waals surface area contributed by atoms with Crippen molar-refractivity contribution in [3.63, 3.8) is 0 Å². The second kappa shape index (κ2) is 4.21. The van der Waals surface area contributed by atoms with Crippen molar-refractivity contribution in [3.8, 4) is 0 Å². The van der Waals surface area contributed by atoms with Crippen LogP contribution < -0.4 is 0 Å². The molecule has 0 aromatic heterocycles. The van der Waals surface area contributed by atoms with Gasteiger partial charge < -0.3 is 10.2 Å². The maximum absolute atomic E-state index is 11.5. The first-order valence-corrected chi connectivity index (χ1v) is 6.43. The van der Waals surface area contributed by atoms with E-state index in [0.29, 0.717) is 6.42 Å². The molecule has 2 aliphatic rings. The Hall–Kier alpha value is -0.670. The highest BCUT2D eigenvalue weighted by Crippen LogP contribution is 2.52. The third-order valence-electron chi connectivity index (χ3n) is 4.93. The molecule has 3 heteroatoms. The number of fused-ring (bicyclic) bond motifs is 1. The molecule has 0 aliphatic heterocycles. The molecule has 2 N–H and O–H groups in total. The van der Waals surface area contributed by atoms with Gasteiger partial charge in [-0.15, -0.1) is 0 Å². The van der Waals surface area contributed by atoms with Crippen molar-refractivity contribution in [1.82, 2.24) is 0 Å². The lowest BCUT2D eigenvalue weighted by Gasteiger charge is -2.50. The Labute approximate surface area is 103 Å². The van der Waals surface area contributed by atoms with Gasteiger partial charge in [0.05, 0.1) is 12.2 Å². The largest absolute Gasteiger partial charge is 0.393 e.